The van der Waals surface area contributed by atoms with Crippen molar-refractivity contribution >= 4 is 17.9 Å². The fourth-order valence-electron chi connectivity index (χ4n) is 7.78. The quantitative estimate of drug-likeness (QED) is 0.0261. The van der Waals surface area contributed by atoms with E-state index in [9.17, 15) is 14.4 Å². The van der Waals surface area contributed by atoms with E-state index in [0.29, 0.717) is 19.3 Å². The third kappa shape index (κ3) is 59.9. The predicted octanol–water partition coefficient (Wildman–Crippen LogP) is 20.9. The Hall–Kier alpha value is -4.97. The second-order valence-corrected chi connectivity index (χ2v) is 19.5. The SMILES string of the molecule is CC/C=C\C/C=C\C/C=C\C/C=C\C/C=C\C/C=C\C/C=C\C/C=C\C/C=C\CCCCCCCC(=O)OCC(COC(=O)CCCCCCCCCC)OC(=O)CCCCCC/C=C\C/C=C\C/C=C\C/C=C\CC. The van der Waals surface area contributed by atoms with Crippen molar-refractivity contribution in [2.75, 3.05) is 13.2 Å². The zero-order chi connectivity index (χ0) is 55.0. The molecule has 0 amide bonds. The van der Waals surface area contributed by atoms with Gasteiger partial charge in [-0.05, 0) is 128 Å². The minimum atomic E-state index is -0.804. The van der Waals surface area contributed by atoms with Gasteiger partial charge in [-0.15, -0.1) is 0 Å². The lowest BCUT2D eigenvalue weighted by Crippen LogP contribution is -2.30. The molecule has 426 valence electrons. The highest BCUT2D eigenvalue weighted by atomic mass is 16.6. The van der Waals surface area contributed by atoms with Crippen LogP contribution in [0, 0.1) is 0 Å². The van der Waals surface area contributed by atoms with Crippen LogP contribution in [0.25, 0.3) is 0 Å². The van der Waals surface area contributed by atoms with Crippen molar-refractivity contribution in [3.05, 3.63) is 158 Å². The number of hydrogen-bond acceptors (Lipinski definition) is 6. The third-order valence-corrected chi connectivity index (χ3v) is 12.3. The molecule has 0 saturated heterocycles. The van der Waals surface area contributed by atoms with Crippen molar-refractivity contribution < 1.29 is 28.6 Å². The lowest BCUT2D eigenvalue weighted by atomic mass is 10.1. The summed E-state index contributed by atoms with van der Waals surface area (Å²) in [7, 11) is 0. The Labute approximate surface area is 467 Å². The molecule has 0 aliphatic rings. The van der Waals surface area contributed by atoms with Gasteiger partial charge in [-0.2, -0.15) is 0 Å². The highest BCUT2D eigenvalue weighted by molar-refractivity contribution is 5.71. The van der Waals surface area contributed by atoms with Crippen molar-refractivity contribution in [3.63, 3.8) is 0 Å². The summed E-state index contributed by atoms with van der Waals surface area (Å²) in [4.78, 5) is 38.0. The molecule has 6 heteroatoms. The number of hydrogen-bond donors (Lipinski definition) is 0. The van der Waals surface area contributed by atoms with Crippen LogP contribution in [0.4, 0.5) is 0 Å². The molecule has 0 aliphatic heterocycles. The van der Waals surface area contributed by atoms with E-state index in [-0.39, 0.29) is 31.1 Å². The first-order valence-electron chi connectivity index (χ1n) is 30.5. The molecule has 0 spiro atoms. The average molecular weight is 1050 g/mol. The zero-order valence-corrected chi connectivity index (χ0v) is 48.7. The monoisotopic (exact) mass is 1050 g/mol. The van der Waals surface area contributed by atoms with Crippen molar-refractivity contribution in [2.45, 2.75) is 252 Å². The number of unbranched alkanes of at least 4 members (excludes halogenated alkanes) is 16. The van der Waals surface area contributed by atoms with Crippen molar-refractivity contribution in [1.29, 1.82) is 0 Å². The van der Waals surface area contributed by atoms with E-state index in [1.165, 1.54) is 32.1 Å². The summed E-state index contributed by atoms with van der Waals surface area (Å²) < 4.78 is 16.8. The maximum absolute atomic E-state index is 12.8. The molecule has 0 bridgehead atoms. The molecule has 0 aromatic rings. The molecular weight excluding hydrogens is 937 g/mol. The van der Waals surface area contributed by atoms with Gasteiger partial charge < -0.3 is 14.2 Å². The number of carbonyl (C=O) groups excluding carboxylic acids is 3. The van der Waals surface area contributed by atoms with Gasteiger partial charge in [0, 0.05) is 19.3 Å². The third-order valence-electron chi connectivity index (χ3n) is 12.3. The van der Waals surface area contributed by atoms with Crippen LogP contribution < -0.4 is 0 Å². The van der Waals surface area contributed by atoms with Crippen LogP contribution in [0.15, 0.2) is 158 Å². The number of ether oxygens (including phenoxy) is 3. The van der Waals surface area contributed by atoms with Gasteiger partial charge in [-0.25, -0.2) is 0 Å². The molecule has 0 heterocycles. The minimum absolute atomic E-state index is 0.0991. The largest absolute Gasteiger partial charge is 0.462 e. The summed E-state index contributed by atoms with van der Waals surface area (Å²) in [5, 5.41) is 0. The summed E-state index contributed by atoms with van der Waals surface area (Å²) in [6.07, 6.45) is 91.1. The Balaban J connectivity index is 4.28. The van der Waals surface area contributed by atoms with E-state index in [0.717, 1.165) is 173 Å². The fraction of sp³-hybridized carbons (Fsp3) is 0.586. The summed E-state index contributed by atoms with van der Waals surface area (Å²) in [6, 6.07) is 0. The molecule has 76 heavy (non-hydrogen) atoms. The van der Waals surface area contributed by atoms with Crippen LogP contribution in [-0.4, -0.2) is 37.2 Å². The van der Waals surface area contributed by atoms with Crippen LogP contribution in [0.1, 0.15) is 245 Å². The first-order valence-corrected chi connectivity index (χ1v) is 30.5. The van der Waals surface area contributed by atoms with Gasteiger partial charge in [-0.1, -0.05) is 256 Å². The first kappa shape index (κ1) is 71.0. The van der Waals surface area contributed by atoms with Crippen molar-refractivity contribution in [3.8, 4) is 0 Å². The molecule has 0 rings (SSSR count). The first-order chi connectivity index (χ1) is 37.5. The van der Waals surface area contributed by atoms with Crippen molar-refractivity contribution in [2.24, 2.45) is 0 Å². The van der Waals surface area contributed by atoms with E-state index in [1.807, 2.05) is 0 Å². The molecule has 1 unspecified atom stereocenters. The highest BCUT2D eigenvalue weighted by Gasteiger charge is 2.19. The molecule has 0 aromatic heterocycles. The van der Waals surface area contributed by atoms with Gasteiger partial charge in [0.25, 0.3) is 0 Å². The van der Waals surface area contributed by atoms with Gasteiger partial charge in [0.05, 0.1) is 0 Å². The number of esters is 3. The molecule has 0 aliphatic carbocycles. The normalized spacial score (nSPS) is 13.2. The molecular formula is C70H110O6. The zero-order valence-electron chi connectivity index (χ0n) is 48.7. The minimum Gasteiger partial charge on any atom is -0.462 e. The molecule has 1 atom stereocenters. The second-order valence-electron chi connectivity index (χ2n) is 19.5. The molecule has 0 N–H and O–H groups in total. The van der Waals surface area contributed by atoms with Crippen LogP contribution in [-0.2, 0) is 28.6 Å². The maximum atomic E-state index is 12.8. The molecule has 0 aromatic carbocycles. The van der Waals surface area contributed by atoms with Crippen LogP contribution >= 0.6 is 0 Å². The van der Waals surface area contributed by atoms with Crippen LogP contribution in [0.3, 0.4) is 0 Å². The van der Waals surface area contributed by atoms with Gasteiger partial charge >= 0.3 is 17.9 Å². The molecule has 6 nitrogen and oxygen atoms in total. The highest BCUT2D eigenvalue weighted by Crippen LogP contribution is 2.13. The lowest BCUT2D eigenvalue weighted by Gasteiger charge is -2.18. The Morgan fingerprint density at radius 1 is 0.276 bits per heavy atom. The fourth-order valence-corrected chi connectivity index (χ4v) is 7.78. The summed E-state index contributed by atoms with van der Waals surface area (Å²) in [6.45, 7) is 6.33. The number of allylic oxidation sites excluding steroid dienone is 26. The Kier molecular flexibility index (Phi) is 58.5. The topological polar surface area (TPSA) is 78.9 Å². The number of carbonyl (C=O) groups is 3. The van der Waals surface area contributed by atoms with E-state index < -0.39 is 6.10 Å². The second kappa shape index (κ2) is 62.6. The Bertz CT molecular complexity index is 1720. The summed E-state index contributed by atoms with van der Waals surface area (Å²) in [5.74, 6) is -0.954. The van der Waals surface area contributed by atoms with E-state index in [2.05, 4.69) is 179 Å². The predicted molar refractivity (Wildman–Crippen MR) is 329 cm³/mol. The summed E-state index contributed by atoms with van der Waals surface area (Å²) in [5.41, 5.74) is 0. The molecule has 0 fully saturated rings. The number of rotatable bonds is 53. The van der Waals surface area contributed by atoms with Crippen molar-refractivity contribution in [1.82, 2.24) is 0 Å². The van der Waals surface area contributed by atoms with Gasteiger partial charge in [0.2, 0.25) is 0 Å². The maximum Gasteiger partial charge on any atom is 0.306 e. The average Bonchev–Trinajstić information content (AvgIpc) is 3.42. The smallest absolute Gasteiger partial charge is 0.306 e. The van der Waals surface area contributed by atoms with Crippen LogP contribution in [0.5, 0.6) is 0 Å². The standard InChI is InChI=1S/C70H110O6/c1-4-7-10-13-16-19-21-23-25-27-28-29-30-31-32-33-34-35-36-37-38-39-40-41-42-44-45-47-49-51-54-57-60-63-69(72)75-66-67(65-74-68(71)62-59-56-53-18-15-12-9-6-3)76-70(73)64-61-58-55-52-50-48-46-43-26-24-22-20-17-14-11-8-5-2/h7-8,10-11,16-17,19-20,23-26,28-29,31-32,34-35,37-38,40-41,44-46,48,67H,4-6,9,12-15,18,21-22,27,30,33,36,39,42-43,47,49-66H2,1-3H3/b10-7-,11-8-,19-16-,20-17-,25-23-,26-24-,29-28-,32-31-,35-34-,38-37-,41-40-,45-44-,48-46-. The molecule has 0 saturated carbocycles. The summed E-state index contributed by atoms with van der Waals surface area (Å²) >= 11 is 0. The van der Waals surface area contributed by atoms with E-state index >= 15 is 0 Å². The molecule has 0 radical (unpaired) electrons. The Morgan fingerprint density at radius 2 is 0.513 bits per heavy atom. The van der Waals surface area contributed by atoms with Gasteiger partial charge in [0.1, 0.15) is 13.2 Å². The van der Waals surface area contributed by atoms with Gasteiger partial charge in [-0.3, -0.25) is 14.4 Å². The van der Waals surface area contributed by atoms with E-state index in [4.69, 9.17) is 14.2 Å². The van der Waals surface area contributed by atoms with Gasteiger partial charge in [0.15, 0.2) is 6.10 Å². The Morgan fingerprint density at radius 3 is 0.803 bits per heavy atom. The lowest BCUT2D eigenvalue weighted by molar-refractivity contribution is -0.167. The van der Waals surface area contributed by atoms with Crippen LogP contribution in [0.2, 0.25) is 0 Å². The van der Waals surface area contributed by atoms with E-state index in [1.54, 1.807) is 0 Å².